The maximum atomic E-state index is 12.8. The van der Waals surface area contributed by atoms with E-state index in [4.69, 9.17) is 0 Å². The summed E-state index contributed by atoms with van der Waals surface area (Å²) in [5.41, 5.74) is 1.59. The topological polar surface area (TPSA) is 86.8 Å². The lowest BCUT2D eigenvalue weighted by atomic mass is 10.1. The van der Waals surface area contributed by atoms with E-state index < -0.39 is 10.0 Å². The predicted molar refractivity (Wildman–Crippen MR) is 129 cm³/mol. The number of carbonyl (C=O) groups is 2. The lowest BCUT2D eigenvalue weighted by molar-refractivity contribution is -0.120. The summed E-state index contributed by atoms with van der Waals surface area (Å²) in [6.07, 6.45) is 6.31. The predicted octanol–water partition coefficient (Wildman–Crippen LogP) is 3.41. The monoisotopic (exact) mass is 489 g/mol. The molecule has 2 aromatic rings. The van der Waals surface area contributed by atoms with E-state index in [1.54, 1.807) is 16.4 Å². The Balaban J connectivity index is 1.28. The van der Waals surface area contributed by atoms with Crippen LogP contribution in [-0.4, -0.2) is 55.6 Å². The first-order chi connectivity index (χ1) is 15.9. The Morgan fingerprint density at radius 3 is 2.15 bits per heavy atom. The van der Waals surface area contributed by atoms with E-state index in [1.165, 1.54) is 17.8 Å². The second kappa shape index (κ2) is 10.8. The van der Waals surface area contributed by atoms with Crippen LogP contribution in [0.1, 0.15) is 59.3 Å². The maximum Gasteiger partial charge on any atom is 0.253 e. The average Bonchev–Trinajstić information content (AvgIpc) is 3.33. The fraction of sp³-hybridized carbons (Fsp3) is 0.500. The molecule has 2 saturated heterocycles. The molecular formula is C24H31N3O4S2. The minimum absolute atomic E-state index is 0.0679. The third-order valence-corrected chi connectivity index (χ3v) is 9.67. The van der Waals surface area contributed by atoms with Crippen LogP contribution in [-0.2, 0) is 27.8 Å². The van der Waals surface area contributed by atoms with Crippen molar-refractivity contribution >= 4 is 33.2 Å². The van der Waals surface area contributed by atoms with Crippen LogP contribution in [0, 0.1) is 0 Å². The summed E-state index contributed by atoms with van der Waals surface area (Å²) in [6, 6.07) is 10.7. The molecule has 0 aliphatic carbocycles. The molecule has 178 valence electrons. The van der Waals surface area contributed by atoms with Crippen molar-refractivity contribution in [2.45, 2.75) is 55.7 Å². The molecule has 9 heteroatoms. The number of rotatable bonds is 7. The number of likely N-dealkylation sites (tertiary alicyclic amines) is 1. The van der Waals surface area contributed by atoms with Crippen LogP contribution >= 0.6 is 11.3 Å². The highest BCUT2D eigenvalue weighted by Crippen LogP contribution is 2.27. The molecule has 2 amide bonds. The van der Waals surface area contributed by atoms with Gasteiger partial charge >= 0.3 is 0 Å². The zero-order chi connectivity index (χ0) is 23.3. The Kier molecular flexibility index (Phi) is 7.82. The van der Waals surface area contributed by atoms with Gasteiger partial charge in [0.15, 0.2) is 0 Å². The van der Waals surface area contributed by atoms with E-state index in [0.717, 1.165) is 55.6 Å². The fourth-order valence-electron chi connectivity index (χ4n) is 4.29. The highest BCUT2D eigenvalue weighted by atomic mass is 32.2. The molecule has 7 nitrogen and oxygen atoms in total. The summed E-state index contributed by atoms with van der Waals surface area (Å²) in [5.74, 6) is -0.0921. The minimum Gasteiger partial charge on any atom is -0.352 e. The Hall–Kier alpha value is -2.23. The lowest BCUT2D eigenvalue weighted by Crippen LogP contribution is -2.35. The summed E-state index contributed by atoms with van der Waals surface area (Å²) >= 11 is 1.17. The van der Waals surface area contributed by atoms with Gasteiger partial charge in [-0.25, -0.2) is 8.42 Å². The number of piperidine rings is 2. The first kappa shape index (κ1) is 23.9. The van der Waals surface area contributed by atoms with Crippen molar-refractivity contribution in [3.63, 3.8) is 0 Å². The minimum atomic E-state index is -3.46. The molecule has 1 aromatic heterocycles. The van der Waals surface area contributed by atoms with Gasteiger partial charge in [-0.15, -0.1) is 11.3 Å². The molecule has 0 radical (unpaired) electrons. The van der Waals surface area contributed by atoms with Gasteiger partial charge in [-0.1, -0.05) is 18.6 Å². The molecule has 33 heavy (non-hydrogen) atoms. The quantitative estimate of drug-likeness (QED) is 0.646. The van der Waals surface area contributed by atoms with E-state index in [9.17, 15) is 18.0 Å². The summed E-state index contributed by atoms with van der Waals surface area (Å²) in [5, 5.41) is 2.88. The van der Waals surface area contributed by atoms with Gasteiger partial charge in [0, 0.05) is 43.2 Å². The number of amides is 2. The zero-order valence-electron chi connectivity index (χ0n) is 18.8. The molecule has 3 heterocycles. The van der Waals surface area contributed by atoms with Crippen molar-refractivity contribution in [2.24, 2.45) is 0 Å². The number of sulfonamides is 1. The highest BCUT2D eigenvalue weighted by molar-refractivity contribution is 7.91. The fourth-order valence-corrected chi connectivity index (χ4v) is 7.32. The molecule has 1 aromatic carbocycles. The van der Waals surface area contributed by atoms with Gasteiger partial charge in [-0.3, -0.25) is 9.59 Å². The number of hydrogen-bond donors (Lipinski definition) is 1. The van der Waals surface area contributed by atoms with Crippen molar-refractivity contribution in [2.75, 3.05) is 26.2 Å². The van der Waals surface area contributed by atoms with Crippen molar-refractivity contribution in [1.82, 2.24) is 14.5 Å². The molecule has 2 aliphatic rings. The Morgan fingerprint density at radius 2 is 1.48 bits per heavy atom. The number of nitrogens with one attached hydrogen (secondary N) is 1. The first-order valence-electron chi connectivity index (χ1n) is 11.7. The third kappa shape index (κ3) is 6.02. The van der Waals surface area contributed by atoms with Crippen LogP contribution in [0.15, 0.2) is 40.6 Å². The van der Waals surface area contributed by atoms with Gasteiger partial charge in [0.2, 0.25) is 5.91 Å². The molecular weight excluding hydrogens is 458 g/mol. The number of nitrogens with zero attached hydrogens (tertiary/aromatic N) is 2. The summed E-state index contributed by atoms with van der Waals surface area (Å²) < 4.78 is 27.4. The number of carbonyl (C=O) groups excluding carboxylic acids is 2. The second-order valence-electron chi connectivity index (χ2n) is 8.69. The van der Waals surface area contributed by atoms with Crippen LogP contribution in [0.3, 0.4) is 0 Å². The largest absolute Gasteiger partial charge is 0.352 e. The van der Waals surface area contributed by atoms with E-state index in [-0.39, 0.29) is 18.2 Å². The van der Waals surface area contributed by atoms with Crippen LogP contribution in [0.2, 0.25) is 0 Å². The number of thiophene rings is 1. The number of hydrogen-bond acceptors (Lipinski definition) is 5. The Morgan fingerprint density at radius 1 is 0.848 bits per heavy atom. The Bertz CT molecular complexity index is 1070. The molecule has 0 bridgehead atoms. The Labute approximate surface area is 199 Å². The summed E-state index contributed by atoms with van der Waals surface area (Å²) in [6.45, 7) is 3.14. The second-order valence-corrected chi connectivity index (χ2v) is 12.0. The molecule has 2 aliphatic heterocycles. The van der Waals surface area contributed by atoms with Gasteiger partial charge in [-0.2, -0.15) is 4.31 Å². The molecule has 2 fully saturated rings. The van der Waals surface area contributed by atoms with E-state index >= 15 is 0 Å². The highest BCUT2D eigenvalue weighted by Gasteiger charge is 2.27. The SMILES string of the molecule is O=C(Cc1ccc(S(=O)(=O)N2CCCCC2)s1)NCc1ccc(C(=O)N2CCCCC2)cc1. The summed E-state index contributed by atoms with van der Waals surface area (Å²) in [4.78, 5) is 27.6. The lowest BCUT2D eigenvalue weighted by Gasteiger charge is -2.26. The number of benzene rings is 1. The van der Waals surface area contributed by atoms with Crippen LogP contribution in [0.4, 0.5) is 0 Å². The zero-order valence-corrected chi connectivity index (χ0v) is 20.4. The van der Waals surface area contributed by atoms with Crippen molar-refractivity contribution < 1.29 is 18.0 Å². The van der Waals surface area contributed by atoms with E-state index in [0.29, 0.717) is 29.4 Å². The molecule has 4 rings (SSSR count). The van der Waals surface area contributed by atoms with Crippen LogP contribution < -0.4 is 5.32 Å². The van der Waals surface area contributed by atoms with Crippen molar-refractivity contribution in [3.05, 3.63) is 52.4 Å². The molecule has 0 unspecified atom stereocenters. The normalized spacial score (nSPS) is 17.6. The van der Waals surface area contributed by atoms with E-state index in [2.05, 4.69) is 5.32 Å². The van der Waals surface area contributed by atoms with Crippen molar-refractivity contribution in [1.29, 1.82) is 0 Å². The standard InChI is InChI=1S/C24H31N3O4S2/c28-22(17-21-11-12-23(32-21)33(30,31)27-15-5-2-6-16-27)25-18-19-7-9-20(10-8-19)24(29)26-13-3-1-4-14-26/h7-12H,1-6,13-18H2,(H,25,28). The van der Waals surface area contributed by atoms with Gasteiger partial charge in [-0.05, 0) is 61.9 Å². The third-order valence-electron chi connectivity index (χ3n) is 6.21. The van der Waals surface area contributed by atoms with Crippen molar-refractivity contribution in [3.8, 4) is 0 Å². The molecule has 1 N–H and O–H groups in total. The maximum absolute atomic E-state index is 12.8. The van der Waals surface area contributed by atoms with E-state index in [1.807, 2.05) is 29.2 Å². The van der Waals surface area contributed by atoms with Crippen LogP contribution in [0.25, 0.3) is 0 Å². The smallest absolute Gasteiger partial charge is 0.253 e. The van der Waals surface area contributed by atoms with Gasteiger partial charge in [0.1, 0.15) is 4.21 Å². The van der Waals surface area contributed by atoms with Gasteiger partial charge < -0.3 is 10.2 Å². The molecule has 0 saturated carbocycles. The first-order valence-corrected chi connectivity index (χ1v) is 13.9. The van der Waals surface area contributed by atoms with Gasteiger partial charge in [0.05, 0.1) is 6.42 Å². The molecule has 0 atom stereocenters. The van der Waals surface area contributed by atoms with Gasteiger partial charge in [0.25, 0.3) is 15.9 Å². The average molecular weight is 490 g/mol. The summed E-state index contributed by atoms with van der Waals surface area (Å²) in [7, 11) is -3.46. The molecule has 0 spiro atoms. The van der Waals surface area contributed by atoms with Crippen LogP contribution in [0.5, 0.6) is 0 Å².